The SMILES string of the molecule is O=C(O)N1CCN(c2nc3ccc(N4CCCCC4)cc3s2)CC1. The highest BCUT2D eigenvalue weighted by Gasteiger charge is 2.22. The Hall–Kier alpha value is -2.02. The summed E-state index contributed by atoms with van der Waals surface area (Å²) in [6.45, 7) is 4.81. The van der Waals surface area contributed by atoms with E-state index < -0.39 is 6.09 Å². The third kappa shape index (κ3) is 3.00. The Morgan fingerprint density at radius 3 is 2.46 bits per heavy atom. The van der Waals surface area contributed by atoms with Gasteiger partial charge in [-0.05, 0) is 37.5 Å². The van der Waals surface area contributed by atoms with E-state index in [2.05, 4.69) is 28.0 Å². The lowest BCUT2D eigenvalue weighted by Crippen LogP contribution is -2.48. The number of hydrogen-bond donors (Lipinski definition) is 1. The summed E-state index contributed by atoms with van der Waals surface area (Å²) in [5.41, 5.74) is 2.34. The van der Waals surface area contributed by atoms with Crippen molar-refractivity contribution >= 4 is 38.5 Å². The highest BCUT2D eigenvalue weighted by atomic mass is 32.1. The summed E-state index contributed by atoms with van der Waals surface area (Å²) in [5.74, 6) is 0. The first-order chi connectivity index (χ1) is 11.7. The molecule has 3 heterocycles. The molecule has 7 heteroatoms. The van der Waals surface area contributed by atoms with Gasteiger partial charge in [0.2, 0.25) is 0 Å². The van der Waals surface area contributed by atoms with Gasteiger partial charge in [-0.3, -0.25) is 0 Å². The molecule has 2 aromatic rings. The van der Waals surface area contributed by atoms with Gasteiger partial charge < -0.3 is 19.8 Å². The average Bonchev–Trinajstić information content (AvgIpc) is 3.06. The van der Waals surface area contributed by atoms with Crippen molar-refractivity contribution in [3.05, 3.63) is 18.2 Å². The Kier molecular flexibility index (Phi) is 4.18. The first kappa shape index (κ1) is 15.5. The molecule has 2 fully saturated rings. The molecule has 24 heavy (non-hydrogen) atoms. The number of amides is 1. The molecule has 0 aliphatic carbocycles. The number of benzene rings is 1. The average molecular weight is 346 g/mol. The van der Waals surface area contributed by atoms with Crippen LogP contribution in [0.5, 0.6) is 0 Å². The fourth-order valence-corrected chi connectivity index (χ4v) is 4.52. The lowest BCUT2D eigenvalue weighted by molar-refractivity contribution is 0.142. The van der Waals surface area contributed by atoms with Crippen LogP contribution >= 0.6 is 11.3 Å². The summed E-state index contributed by atoms with van der Waals surface area (Å²) in [6, 6.07) is 6.56. The summed E-state index contributed by atoms with van der Waals surface area (Å²) in [7, 11) is 0. The Labute approximate surface area is 145 Å². The van der Waals surface area contributed by atoms with Gasteiger partial charge in [0.25, 0.3) is 0 Å². The van der Waals surface area contributed by atoms with Crippen molar-refractivity contribution in [1.82, 2.24) is 9.88 Å². The molecule has 1 aromatic heterocycles. The predicted octanol–water partition coefficient (Wildman–Crippen LogP) is 3.09. The molecular formula is C17H22N4O2S. The van der Waals surface area contributed by atoms with Gasteiger partial charge >= 0.3 is 6.09 Å². The minimum Gasteiger partial charge on any atom is -0.465 e. The van der Waals surface area contributed by atoms with Crippen LogP contribution in [-0.2, 0) is 0 Å². The second-order valence-corrected chi connectivity index (χ2v) is 7.46. The molecule has 2 saturated heterocycles. The Morgan fingerprint density at radius 1 is 1.00 bits per heavy atom. The second-order valence-electron chi connectivity index (χ2n) is 6.45. The predicted molar refractivity (Wildman–Crippen MR) is 97.5 cm³/mol. The molecule has 1 amide bonds. The second kappa shape index (κ2) is 6.47. The van der Waals surface area contributed by atoms with Crippen LogP contribution in [0.25, 0.3) is 10.2 Å². The van der Waals surface area contributed by atoms with Crippen LogP contribution in [0.2, 0.25) is 0 Å². The number of piperazine rings is 1. The molecule has 128 valence electrons. The first-order valence-corrected chi connectivity index (χ1v) is 9.41. The van der Waals surface area contributed by atoms with Crippen molar-refractivity contribution in [3.63, 3.8) is 0 Å². The number of hydrogen-bond acceptors (Lipinski definition) is 5. The monoisotopic (exact) mass is 346 g/mol. The number of aromatic nitrogens is 1. The smallest absolute Gasteiger partial charge is 0.407 e. The molecule has 2 aliphatic heterocycles. The minimum absolute atomic E-state index is 0.546. The Morgan fingerprint density at radius 2 is 1.75 bits per heavy atom. The zero-order valence-electron chi connectivity index (χ0n) is 13.6. The van der Waals surface area contributed by atoms with Crippen LogP contribution in [0.15, 0.2) is 18.2 Å². The zero-order valence-corrected chi connectivity index (χ0v) is 14.5. The fraction of sp³-hybridized carbons (Fsp3) is 0.529. The van der Waals surface area contributed by atoms with Crippen LogP contribution in [0.1, 0.15) is 19.3 Å². The standard InChI is InChI=1S/C17H22N4O2S/c22-17(23)21-10-8-20(9-11-21)16-18-14-5-4-13(12-15(14)24-16)19-6-2-1-3-7-19/h4-5,12H,1-3,6-11H2,(H,22,23). The largest absolute Gasteiger partial charge is 0.465 e. The summed E-state index contributed by atoms with van der Waals surface area (Å²) in [6.07, 6.45) is 3.07. The van der Waals surface area contributed by atoms with Gasteiger partial charge in [0.15, 0.2) is 5.13 Å². The molecule has 0 spiro atoms. The molecule has 0 saturated carbocycles. The topological polar surface area (TPSA) is 59.9 Å². The van der Waals surface area contributed by atoms with E-state index in [-0.39, 0.29) is 0 Å². The van der Waals surface area contributed by atoms with E-state index in [0.29, 0.717) is 26.2 Å². The number of carboxylic acid groups (broad SMARTS) is 1. The van der Waals surface area contributed by atoms with Crippen molar-refractivity contribution < 1.29 is 9.90 Å². The summed E-state index contributed by atoms with van der Waals surface area (Å²) in [4.78, 5) is 21.9. The summed E-state index contributed by atoms with van der Waals surface area (Å²) in [5, 5.41) is 10.1. The van der Waals surface area contributed by atoms with Crippen molar-refractivity contribution in [2.24, 2.45) is 0 Å². The third-order valence-electron chi connectivity index (χ3n) is 4.90. The zero-order chi connectivity index (χ0) is 16.5. The number of thiazole rings is 1. The number of rotatable bonds is 2. The van der Waals surface area contributed by atoms with Crippen molar-refractivity contribution in [3.8, 4) is 0 Å². The van der Waals surface area contributed by atoms with Gasteiger partial charge in [0, 0.05) is 45.0 Å². The Bertz CT molecular complexity index is 733. The first-order valence-electron chi connectivity index (χ1n) is 8.59. The summed E-state index contributed by atoms with van der Waals surface area (Å²) >= 11 is 1.71. The molecular weight excluding hydrogens is 324 g/mol. The minimum atomic E-state index is -0.829. The Balaban J connectivity index is 1.52. The molecule has 0 bridgehead atoms. The number of nitrogens with zero attached hydrogens (tertiary/aromatic N) is 4. The van der Waals surface area contributed by atoms with Crippen LogP contribution in [-0.4, -0.2) is 60.4 Å². The highest BCUT2D eigenvalue weighted by Crippen LogP contribution is 2.33. The number of carbonyl (C=O) groups is 1. The van der Waals surface area contributed by atoms with E-state index in [9.17, 15) is 4.79 Å². The van der Waals surface area contributed by atoms with Crippen molar-refractivity contribution in [2.75, 3.05) is 49.1 Å². The van der Waals surface area contributed by atoms with Crippen LogP contribution in [0, 0.1) is 0 Å². The van der Waals surface area contributed by atoms with E-state index >= 15 is 0 Å². The number of piperidine rings is 1. The molecule has 0 atom stereocenters. The summed E-state index contributed by atoms with van der Waals surface area (Å²) < 4.78 is 1.22. The maximum Gasteiger partial charge on any atom is 0.407 e. The van der Waals surface area contributed by atoms with Crippen LogP contribution in [0.3, 0.4) is 0 Å². The van der Waals surface area contributed by atoms with Gasteiger partial charge in [-0.2, -0.15) is 0 Å². The molecule has 0 radical (unpaired) electrons. The quantitative estimate of drug-likeness (QED) is 0.905. The number of fused-ring (bicyclic) bond motifs is 1. The van der Waals surface area contributed by atoms with E-state index in [1.165, 1.54) is 34.5 Å². The highest BCUT2D eigenvalue weighted by molar-refractivity contribution is 7.22. The maximum absolute atomic E-state index is 11.0. The van der Waals surface area contributed by atoms with Crippen molar-refractivity contribution in [1.29, 1.82) is 0 Å². The van der Waals surface area contributed by atoms with Gasteiger partial charge in [-0.15, -0.1) is 0 Å². The molecule has 2 aliphatic rings. The normalized spacial score (nSPS) is 19.1. The van der Waals surface area contributed by atoms with E-state index in [0.717, 1.165) is 23.7 Å². The molecule has 1 N–H and O–H groups in total. The molecule has 0 unspecified atom stereocenters. The lowest BCUT2D eigenvalue weighted by atomic mass is 10.1. The van der Waals surface area contributed by atoms with Crippen LogP contribution in [0.4, 0.5) is 15.6 Å². The molecule has 6 nitrogen and oxygen atoms in total. The van der Waals surface area contributed by atoms with E-state index in [1.807, 2.05) is 0 Å². The lowest BCUT2D eigenvalue weighted by Gasteiger charge is -2.32. The van der Waals surface area contributed by atoms with Gasteiger partial charge in [-0.25, -0.2) is 9.78 Å². The molecule has 4 rings (SSSR count). The molecule has 1 aromatic carbocycles. The maximum atomic E-state index is 11.0. The fourth-order valence-electron chi connectivity index (χ4n) is 3.47. The van der Waals surface area contributed by atoms with Gasteiger partial charge in [0.05, 0.1) is 10.2 Å². The van der Waals surface area contributed by atoms with E-state index in [1.54, 1.807) is 11.3 Å². The van der Waals surface area contributed by atoms with Gasteiger partial charge in [-0.1, -0.05) is 11.3 Å². The number of anilines is 2. The van der Waals surface area contributed by atoms with Crippen molar-refractivity contribution in [2.45, 2.75) is 19.3 Å². The van der Waals surface area contributed by atoms with Gasteiger partial charge in [0.1, 0.15) is 0 Å². The third-order valence-corrected chi connectivity index (χ3v) is 5.98. The van der Waals surface area contributed by atoms with Crippen LogP contribution < -0.4 is 9.80 Å². The van der Waals surface area contributed by atoms with E-state index in [4.69, 9.17) is 10.1 Å².